The van der Waals surface area contributed by atoms with Gasteiger partial charge in [0.15, 0.2) is 17.3 Å². The topological polar surface area (TPSA) is 74.0 Å². The van der Waals surface area contributed by atoms with Gasteiger partial charge in [-0.05, 0) is 36.8 Å². The molecule has 1 aliphatic heterocycles. The minimum absolute atomic E-state index is 0.0414. The molecule has 0 unspecified atom stereocenters. The van der Waals surface area contributed by atoms with Crippen molar-refractivity contribution in [2.75, 3.05) is 38.6 Å². The summed E-state index contributed by atoms with van der Waals surface area (Å²) in [6.07, 6.45) is 2.42. The van der Waals surface area contributed by atoms with Crippen LogP contribution in [-0.4, -0.2) is 33.8 Å². The van der Waals surface area contributed by atoms with Crippen molar-refractivity contribution in [3.8, 4) is 17.2 Å². The van der Waals surface area contributed by atoms with Gasteiger partial charge in [0.05, 0.1) is 18.5 Å². The largest absolute Gasteiger partial charge is 0.496 e. The molecule has 0 saturated heterocycles. The number of benzene rings is 2. The van der Waals surface area contributed by atoms with E-state index in [0.717, 1.165) is 11.3 Å². The fourth-order valence-corrected chi connectivity index (χ4v) is 3.00. The molecule has 6 nitrogen and oxygen atoms in total. The highest BCUT2D eigenvalue weighted by atomic mass is 16.7. The minimum Gasteiger partial charge on any atom is -0.496 e. The Labute approximate surface area is 159 Å². The van der Waals surface area contributed by atoms with E-state index in [2.05, 4.69) is 0 Å². The fraction of sp³-hybridized carbons (Fsp3) is 0.286. The lowest BCUT2D eigenvalue weighted by atomic mass is 9.97. The summed E-state index contributed by atoms with van der Waals surface area (Å²) >= 11 is 0. The summed E-state index contributed by atoms with van der Waals surface area (Å²) in [6, 6.07) is 8.94. The van der Waals surface area contributed by atoms with E-state index in [9.17, 15) is 4.79 Å². The number of nitrogens with two attached hydrogens (primary N) is 1. The Kier molecular flexibility index (Phi) is 5.26. The van der Waals surface area contributed by atoms with Gasteiger partial charge in [-0.2, -0.15) is 0 Å². The van der Waals surface area contributed by atoms with Crippen LogP contribution in [0.15, 0.2) is 35.9 Å². The molecule has 0 radical (unpaired) electrons. The van der Waals surface area contributed by atoms with Gasteiger partial charge in [0.1, 0.15) is 5.75 Å². The molecule has 0 fully saturated rings. The van der Waals surface area contributed by atoms with Gasteiger partial charge in [0, 0.05) is 36.9 Å². The van der Waals surface area contributed by atoms with Crippen molar-refractivity contribution in [3.05, 3.63) is 47.0 Å². The zero-order chi connectivity index (χ0) is 19.6. The number of nitrogens with zero attached hydrogens (tertiary/aromatic N) is 1. The summed E-state index contributed by atoms with van der Waals surface area (Å²) in [4.78, 5) is 15.0. The molecule has 2 aromatic carbocycles. The van der Waals surface area contributed by atoms with Crippen LogP contribution in [0.25, 0.3) is 6.08 Å². The number of fused-ring (bicyclic) bond motifs is 1. The quantitative estimate of drug-likeness (QED) is 0.476. The van der Waals surface area contributed by atoms with E-state index in [0.29, 0.717) is 40.5 Å². The van der Waals surface area contributed by atoms with Gasteiger partial charge in [-0.15, -0.1) is 0 Å². The van der Waals surface area contributed by atoms with Gasteiger partial charge >= 0.3 is 0 Å². The highest BCUT2D eigenvalue weighted by Crippen LogP contribution is 2.39. The second kappa shape index (κ2) is 7.61. The van der Waals surface area contributed by atoms with Gasteiger partial charge < -0.3 is 24.8 Å². The Hall–Kier alpha value is -3.15. The highest BCUT2D eigenvalue weighted by Gasteiger charge is 2.19. The van der Waals surface area contributed by atoms with Crippen molar-refractivity contribution in [1.29, 1.82) is 0 Å². The zero-order valence-corrected chi connectivity index (χ0v) is 16.0. The van der Waals surface area contributed by atoms with Gasteiger partial charge in [-0.1, -0.05) is 6.92 Å². The third-order valence-electron chi connectivity index (χ3n) is 4.50. The normalized spacial score (nSPS) is 12.8. The number of hydrogen-bond donors (Lipinski definition) is 1. The average molecular weight is 368 g/mol. The van der Waals surface area contributed by atoms with Crippen molar-refractivity contribution in [1.82, 2.24) is 0 Å². The smallest absolute Gasteiger partial charge is 0.231 e. The van der Waals surface area contributed by atoms with Crippen molar-refractivity contribution in [3.63, 3.8) is 0 Å². The number of carbonyl (C=O) groups is 1. The third kappa shape index (κ3) is 3.69. The minimum atomic E-state index is -0.0414. The molecular formula is C21H24N2O4. The molecule has 0 aliphatic carbocycles. The highest BCUT2D eigenvalue weighted by molar-refractivity contribution is 6.12. The number of ketones is 1. The van der Waals surface area contributed by atoms with Crippen LogP contribution in [0.5, 0.6) is 17.2 Å². The maximum Gasteiger partial charge on any atom is 0.231 e. The molecule has 142 valence electrons. The van der Waals surface area contributed by atoms with E-state index in [4.69, 9.17) is 19.9 Å². The third-order valence-corrected chi connectivity index (χ3v) is 4.50. The Balaban J connectivity index is 2.00. The van der Waals surface area contributed by atoms with Crippen LogP contribution in [0.3, 0.4) is 0 Å². The van der Waals surface area contributed by atoms with Crippen molar-refractivity contribution in [2.45, 2.75) is 13.3 Å². The predicted octanol–water partition coefficient (Wildman–Crippen LogP) is 3.75. The summed E-state index contributed by atoms with van der Waals surface area (Å²) in [5.41, 5.74) is 9.49. The number of Topliss-reactive ketones (excluding diaryl/α,β-unsaturated/α-hetero) is 1. The molecule has 0 aromatic heterocycles. The molecule has 0 spiro atoms. The first-order valence-corrected chi connectivity index (χ1v) is 8.74. The summed E-state index contributed by atoms with van der Waals surface area (Å²) in [5.74, 6) is 1.87. The Morgan fingerprint density at radius 2 is 1.93 bits per heavy atom. The number of hydrogen-bond acceptors (Lipinski definition) is 6. The number of ether oxygens (including phenoxy) is 3. The van der Waals surface area contributed by atoms with Gasteiger partial charge in [0.25, 0.3) is 0 Å². The number of rotatable bonds is 6. The zero-order valence-electron chi connectivity index (χ0n) is 16.0. The molecule has 3 rings (SSSR count). The first-order valence-electron chi connectivity index (χ1n) is 8.74. The molecular weight excluding hydrogens is 344 g/mol. The molecule has 2 aromatic rings. The molecule has 1 aliphatic rings. The van der Waals surface area contributed by atoms with Gasteiger partial charge in [0.2, 0.25) is 6.79 Å². The summed E-state index contributed by atoms with van der Waals surface area (Å²) in [6.45, 7) is 2.14. The molecule has 0 saturated carbocycles. The van der Waals surface area contributed by atoms with Crippen molar-refractivity contribution in [2.24, 2.45) is 0 Å². The lowest BCUT2D eigenvalue weighted by Gasteiger charge is -2.16. The van der Waals surface area contributed by atoms with Crippen LogP contribution in [0.4, 0.5) is 11.4 Å². The number of nitrogen functional groups attached to an aromatic ring is 1. The predicted molar refractivity (Wildman–Crippen MR) is 107 cm³/mol. The van der Waals surface area contributed by atoms with E-state index in [-0.39, 0.29) is 12.6 Å². The molecule has 2 N–H and O–H groups in total. The molecule has 0 atom stereocenters. The second-order valence-electron chi connectivity index (χ2n) is 6.47. The van der Waals surface area contributed by atoms with Gasteiger partial charge in [-0.3, -0.25) is 4.79 Å². The maximum atomic E-state index is 13.1. The molecule has 0 bridgehead atoms. The van der Waals surface area contributed by atoms with E-state index in [1.54, 1.807) is 25.3 Å². The van der Waals surface area contributed by atoms with Gasteiger partial charge in [-0.25, -0.2) is 0 Å². The van der Waals surface area contributed by atoms with Crippen LogP contribution < -0.4 is 24.8 Å². The average Bonchev–Trinajstić information content (AvgIpc) is 3.12. The Bertz CT molecular complexity index is 903. The van der Waals surface area contributed by atoms with E-state index in [1.165, 1.54) is 0 Å². The first-order chi connectivity index (χ1) is 12.9. The Morgan fingerprint density at radius 3 is 2.56 bits per heavy atom. The first kappa shape index (κ1) is 18.6. The van der Waals surface area contributed by atoms with Crippen LogP contribution in [-0.2, 0) is 0 Å². The van der Waals surface area contributed by atoms with E-state index in [1.807, 2.05) is 44.1 Å². The monoisotopic (exact) mass is 368 g/mol. The molecule has 6 heteroatoms. The summed E-state index contributed by atoms with van der Waals surface area (Å²) in [7, 11) is 5.38. The number of anilines is 2. The van der Waals surface area contributed by atoms with Crippen LogP contribution in [0.2, 0.25) is 0 Å². The van der Waals surface area contributed by atoms with Crippen LogP contribution >= 0.6 is 0 Å². The summed E-state index contributed by atoms with van der Waals surface area (Å²) < 4.78 is 16.3. The summed E-state index contributed by atoms with van der Waals surface area (Å²) in [5, 5.41) is 0. The standard InChI is InChI=1S/C21H24N2O4/c1-5-13(21(24)14-6-7-16(22)17(9-14)23(2)3)8-15-10-19-20(27-12-26-19)11-18(15)25-4/h6-11H,5,12,22H2,1-4H3. The van der Waals surface area contributed by atoms with Crippen LogP contribution in [0, 0.1) is 0 Å². The number of allylic oxidation sites excluding steroid dienone is 1. The second-order valence-corrected chi connectivity index (χ2v) is 6.47. The number of carbonyl (C=O) groups excluding carboxylic acids is 1. The fourth-order valence-electron chi connectivity index (χ4n) is 3.00. The molecule has 27 heavy (non-hydrogen) atoms. The maximum absolute atomic E-state index is 13.1. The van der Waals surface area contributed by atoms with E-state index >= 15 is 0 Å². The molecule has 1 heterocycles. The van der Waals surface area contributed by atoms with Crippen molar-refractivity contribution >= 4 is 23.2 Å². The van der Waals surface area contributed by atoms with Crippen LogP contribution in [0.1, 0.15) is 29.3 Å². The number of methoxy groups -OCH3 is 1. The lowest BCUT2D eigenvalue weighted by Crippen LogP contribution is -2.13. The Morgan fingerprint density at radius 1 is 1.22 bits per heavy atom. The molecule has 0 amide bonds. The van der Waals surface area contributed by atoms with E-state index < -0.39 is 0 Å². The lowest BCUT2D eigenvalue weighted by molar-refractivity contribution is 0.103. The van der Waals surface area contributed by atoms with Crippen molar-refractivity contribution < 1.29 is 19.0 Å². The SMILES string of the molecule is CCC(=Cc1cc2c(cc1OC)OCO2)C(=O)c1ccc(N)c(N(C)C)c1.